The highest BCUT2D eigenvalue weighted by molar-refractivity contribution is 5.88. The molecule has 0 aliphatic carbocycles. The fourth-order valence-corrected chi connectivity index (χ4v) is 5.25. The molecule has 1 N–H and O–H groups in total. The van der Waals surface area contributed by atoms with Crippen molar-refractivity contribution in [2.75, 3.05) is 19.7 Å². The van der Waals surface area contributed by atoms with Gasteiger partial charge < -0.3 is 23.9 Å². The highest BCUT2D eigenvalue weighted by Crippen LogP contribution is 2.25. The third kappa shape index (κ3) is 6.20. The summed E-state index contributed by atoms with van der Waals surface area (Å²) in [5, 5.41) is 18.3. The van der Waals surface area contributed by atoms with Gasteiger partial charge in [0.2, 0.25) is 0 Å². The number of aromatic carboxylic acids is 1. The molecule has 2 aromatic carbocycles. The first-order valence-corrected chi connectivity index (χ1v) is 14.0. The van der Waals surface area contributed by atoms with Crippen molar-refractivity contribution >= 4 is 17.1 Å². The lowest BCUT2D eigenvalue weighted by molar-refractivity contribution is -0.0593. The molecule has 6 rings (SSSR count). The lowest BCUT2D eigenvalue weighted by Crippen LogP contribution is -2.39. The molecule has 0 radical (unpaired) electrons. The maximum atomic E-state index is 14.2. The molecular weight excluding hydrogens is 541 g/mol. The molecule has 0 spiro atoms. The van der Waals surface area contributed by atoms with Crippen molar-refractivity contribution in [1.29, 1.82) is 5.26 Å². The van der Waals surface area contributed by atoms with Gasteiger partial charge in [-0.05, 0) is 67.3 Å². The summed E-state index contributed by atoms with van der Waals surface area (Å²) < 4.78 is 33.7. The molecule has 10 nitrogen and oxygen atoms in total. The van der Waals surface area contributed by atoms with Gasteiger partial charge in [-0.2, -0.15) is 5.26 Å². The first-order chi connectivity index (χ1) is 20.4. The number of imidazole rings is 1. The van der Waals surface area contributed by atoms with Gasteiger partial charge in [0, 0.05) is 19.7 Å². The molecular formula is C31H30FN5O5. The summed E-state index contributed by atoms with van der Waals surface area (Å²) in [7, 11) is 0. The van der Waals surface area contributed by atoms with Crippen LogP contribution in [0.5, 0.6) is 11.5 Å². The quantitative estimate of drug-likeness (QED) is 0.292. The van der Waals surface area contributed by atoms with Crippen LogP contribution in [0.4, 0.5) is 4.39 Å². The third-order valence-corrected chi connectivity index (χ3v) is 7.63. The maximum Gasteiger partial charge on any atom is 0.354 e. The Morgan fingerprint density at radius 1 is 1.12 bits per heavy atom. The second kappa shape index (κ2) is 12.1. The van der Waals surface area contributed by atoms with Crippen LogP contribution in [0.2, 0.25) is 0 Å². The largest absolute Gasteiger partial charge is 0.490 e. The van der Waals surface area contributed by atoms with Crippen LogP contribution in [-0.2, 0) is 24.4 Å². The van der Waals surface area contributed by atoms with Gasteiger partial charge in [-0.15, -0.1) is 0 Å². The number of carboxylic acids is 1. The number of hydrogen-bond donors (Lipinski definition) is 1. The molecule has 4 heterocycles. The van der Waals surface area contributed by atoms with E-state index in [9.17, 15) is 14.3 Å². The zero-order valence-corrected chi connectivity index (χ0v) is 22.9. The second-order valence-electron chi connectivity index (χ2n) is 10.6. The molecule has 4 aromatic rings. The molecule has 2 aliphatic heterocycles. The van der Waals surface area contributed by atoms with Crippen LogP contribution in [-0.4, -0.2) is 62.4 Å². The predicted molar refractivity (Wildman–Crippen MR) is 150 cm³/mol. The van der Waals surface area contributed by atoms with E-state index in [1.54, 1.807) is 6.07 Å². The highest BCUT2D eigenvalue weighted by Gasteiger charge is 2.26. The molecule has 2 saturated heterocycles. The number of carbonyl (C=O) groups is 1. The fourth-order valence-electron chi connectivity index (χ4n) is 5.25. The van der Waals surface area contributed by atoms with Gasteiger partial charge in [0.05, 0.1) is 30.8 Å². The molecule has 11 heteroatoms. The molecule has 1 atom stereocenters. The first-order valence-electron chi connectivity index (χ1n) is 14.0. The molecule has 2 aliphatic rings. The summed E-state index contributed by atoms with van der Waals surface area (Å²) in [5.74, 6) is 0.0474. The van der Waals surface area contributed by atoms with E-state index < -0.39 is 11.8 Å². The van der Waals surface area contributed by atoms with Crippen molar-refractivity contribution in [1.82, 2.24) is 19.4 Å². The standard InChI is InChI=1S/C31H30FN5O5/c32-25-15-20(16-33)4-7-28(25)41-19-21-2-1-3-23(14-21)42-22-8-11-36(12-9-22)18-29-34-26-5-6-27(31(38)39)35-30(26)37(29)17-24-10-13-40-24/h1-7,14-15,22,24H,8-13,17-19H2,(H,38,39)/t24-/m0/s1. The van der Waals surface area contributed by atoms with E-state index in [4.69, 9.17) is 24.5 Å². The van der Waals surface area contributed by atoms with Crippen LogP contribution in [0.15, 0.2) is 54.6 Å². The number of fused-ring (bicyclic) bond motifs is 1. The van der Waals surface area contributed by atoms with E-state index in [0.717, 1.165) is 62.2 Å². The van der Waals surface area contributed by atoms with Gasteiger partial charge in [-0.1, -0.05) is 12.1 Å². The normalized spacial score (nSPS) is 17.5. The minimum Gasteiger partial charge on any atom is -0.490 e. The number of halogens is 1. The van der Waals surface area contributed by atoms with Gasteiger partial charge in [0.15, 0.2) is 22.9 Å². The smallest absolute Gasteiger partial charge is 0.354 e. The lowest BCUT2D eigenvalue weighted by atomic mass is 10.1. The number of piperidine rings is 1. The summed E-state index contributed by atoms with van der Waals surface area (Å²) in [6, 6.07) is 16.8. The Balaban J connectivity index is 1.06. The molecule has 2 aromatic heterocycles. The molecule has 216 valence electrons. The second-order valence-corrected chi connectivity index (χ2v) is 10.6. The predicted octanol–water partition coefficient (Wildman–Crippen LogP) is 4.55. The Labute approximate surface area is 241 Å². The third-order valence-electron chi connectivity index (χ3n) is 7.63. The lowest BCUT2D eigenvalue weighted by Gasteiger charge is -2.32. The molecule has 0 unspecified atom stereocenters. The number of nitriles is 1. The number of nitrogens with zero attached hydrogens (tertiary/aromatic N) is 5. The van der Waals surface area contributed by atoms with Crippen molar-refractivity contribution in [3.8, 4) is 17.6 Å². The Kier molecular flexibility index (Phi) is 7.99. The topological polar surface area (TPSA) is 123 Å². The van der Waals surface area contributed by atoms with Crippen LogP contribution in [0.25, 0.3) is 11.2 Å². The molecule has 0 bridgehead atoms. The van der Waals surface area contributed by atoms with Crippen molar-refractivity contribution < 1.29 is 28.5 Å². The summed E-state index contributed by atoms with van der Waals surface area (Å²) in [6.45, 7) is 3.77. The molecule has 0 amide bonds. The van der Waals surface area contributed by atoms with E-state index in [-0.39, 0.29) is 35.8 Å². The van der Waals surface area contributed by atoms with Gasteiger partial charge >= 0.3 is 5.97 Å². The zero-order valence-electron chi connectivity index (χ0n) is 22.9. The van der Waals surface area contributed by atoms with Gasteiger partial charge in [0.1, 0.15) is 29.8 Å². The van der Waals surface area contributed by atoms with Crippen LogP contribution in [0, 0.1) is 17.1 Å². The molecule has 42 heavy (non-hydrogen) atoms. The number of carboxylic acid groups (broad SMARTS) is 1. The average Bonchev–Trinajstić information content (AvgIpc) is 3.31. The van der Waals surface area contributed by atoms with Crippen LogP contribution < -0.4 is 9.47 Å². The highest BCUT2D eigenvalue weighted by atomic mass is 19.1. The number of pyridine rings is 1. The first kappa shape index (κ1) is 27.6. The van der Waals surface area contributed by atoms with Crippen molar-refractivity contribution in [2.45, 2.75) is 51.2 Å². The Morgan fingerprint density at radius 2 is 1.95 bits per heavy atom. The minimum atomic E-state index is -1.06. The average molecular weight is 572 g/mol. The summed E-state index contributed by atoms with van der Waals surface area (Å²) in [5.41, 5.74) is 2.35. The van der Waals surface area contributed by atoms with Crippen LogP contribution >= 0.6 is 0 Å². The van der Waals surface area contributed by atoms with E-state index >= 15 is 0 Å². The van der Waals surface area contributed by atoms with E-state index in [0.29, 0.717) is 24.3 Å². The number of hydrogen-bond acceptors (Lipinski definition) is 8. The Bertz CT molecular complexity index is 1640. The minimum absolute atomic E-state index is 0.000239. The monoisotopic (exact) mass is 571 g/mol. The Hall–Kier alpha value is -4.53. The SMILES string of the molecule is N#Cc1ccc(OCc2cccc(OC3CCN(Cc4nc5ccc(C(=O)O)nc5n4C[C@@H]4CCO4)CC3)c2)c(F)c1. The van der Waals surface area contributed by atoms with Gasteiger partial charge in [-0.3, -0.25) is 4.90 Å². The summed E-state index contributed by atoms with van der Waals surface area (Å²) in [6.07, 6.45) is 2.77. The number of ether oxygens (including phenoxy) is 3. The van der Waals surface area contributed by atoms with E-state index in [1.165, 1.54) is 18.2 Å². The van der Waals surface area contributed by atoms with Crippen LogP contribution in [0.3, 0.4) is 0 Å². The number of benzene rings is 2. The fraction of sp³-hybridized carbons (Fsp3) is 0.355. The Morgan fingerprint density at radius 3 is 2.67 bits per heavy atom. The zero-order chi connectivity index (χ0) is 29.1. The van der Waals surface area contributed by atoms with Crippen molar-refractivity contribution in [3.05, 3.63) is 83.1 Å². The number of likely N-dealkylation sites (tertiary alicyclic amines) is 1. The van der Waals surface area contributed by atoms with Crippen LogP contribution in [0.1, 0.15) is 46.7 Å². The summed E-state index contributed by atoms with van der Waals surface area (Å²) in [4.78, 5) is 23.0. The number of aromatic nitrogens is 3. The van der Waals surface area contributed by atoms with Gasteiger partial charge in [0.25, 0.3) is 0 Å². The van der Waals surface area contributed by atoms with E-state index in [2.05, 4.69) is 9.88 Å². The molecule has 0 saturated carbocycles. The summed E-state index contributed by atoms with van der Waals surface area (Å²) >= 11 is 0. The number of rotatable bonds is 10. The van der Waals surface area contributed by atoms with Crippen molar-refractivity contribution in [2.24, 2.45) is 0 Å². The van der Waals surface area contributed by atoms with Crippen molar-refractivity contribution in [3.63, 3.8) is 0 Å². The van der Waals surface area contributed by atoms with Gasteiger partial charge in [-0.25, -0.2) is 19.2 Å². The maximum absolute atomic E-state index is 14.2. The molecule has 2 fully saturated rings. The van der Waals surface area contributed by atoms with E-state index in [1.807, 2.05) is 34.9 Å².